The average molecular weight is 319 g/mol. The zero-order valence-corrected chi connectivity index (χ0v) is 11.7. The molecule has 0 aliphatic rings. The second-order valence-electron chi connectivity index (χ2n) is 3.70. The van der Waals surface area contributed by atoms with E-state index in [0.29, 0.717) is 0 Å². The van der Waals surface area contributed by atoms with Gasteiger partial charge in [0.15, 0.2) is 9.84 Å². The molecule has 0 amide bonds. The number of nitrogens with zero attached hydrogens (tertiary/aromatic N) is 2. The second-order valence-corrected chi connectivity index (χ2v) is 6.51. The molecule has 0 spiro atoms. The van der Waals surface area contributed by atoms with Gasteiger partial charge in [0, 0.05) is 18.5 Å². The van der Waals surface area contributed by atoms with E-state index in [-0.39, 0.29) is 26.5 Å². The molecular formula is C11H8Cl2N2O3S. The third-order valence-electron chi connectivity index (χ3n) is 2.30. The van der Waals surface area contributed by atoms with Gasteiger partial charge in [-0.15, -0.1) is 0 Å². The maximum atomic E-state index is 12.1. The lowest BCUT2D eigenvalue weighted by Gasteiger charge is -2.05. The molecule has 19 heavy (non-hydrogen) atoms. The van der Waals surface area contributed by atoms with Gasteiger partial charge in [-0.25, -0.2) is 13.4 Å². The van der Waals surface area contributed by atoms with Crippen molar-refractivity contribution in [2.45, 2.75) is 10.6 Å². The molecule has 0 aromatic carbocycles. The Balaban J connectivity index is 2.33. The minimum atomic E-state index is -3.65. The summed E-state index contributed by atoms with van der Waals surface area (Å²) in [7, 11) is -3.65. The van der Waals surface area contributed by atoms with Crippen LogP contribution in [0.3, 0.4) is 0 Å². The molecule has 0 fully saturated rings. The van der Waals surface area contributed by atoms with Crippen LogP contribution in [0, 0.1) is 0 Å². The molecule has 0 unspecified atom stereocenters. The minimum absolute atomic E-state index is 0.00745. The number of aromatic nitrogens is 2. The number of rotatable bonds is 3. The maximum absolute atomic E-state index is 12.1. The van der Waals surface area contributed by atoms with E-state index in [9.17, 15) is 13.5 Å². The van der Waals surface area contributed by atoms with Gasteiger partial charge in [0.25, 0.3) is 0 Å². The van der Waals surface area contributed by atoms with Gasteiger partial charge in [0.2, 0.25) is 0 Å². The normalized spacial score (nSPS) is 11.5. The van der Waals surface area contributed by atoms with Crippen LogP contribution in [0.2, 0.25) is 10.2 Å². The van der Waals surface area contributed by atoms with Gasteiger partial charge in [-0.2, -0.15) is 0 Å². The lowest BCUT2D eigenvalue weighted by Crippen LogP contribution is -2.07. The lowest BCUT2D eigenvalue weighted by atomic mass is 10.3. The van der Waals surface area contributed by atoms with Gasteiger partial charge in [-0.1, -0.05) is 23.2 Å². The molecule has 100 valence electrons. The number of pyridine rings is 2. The van der Waals surface area contributed by atoms with Gasteiger partial charge < -0.3 is 5.11 Å². The van der Waals surface area contributed by atoms with Crippen LogP contribution in [0.5, 0.6) is 5.75 Å². The molecule has 0 aliphatic carbocycles. The van der Waals surface area contributed by atoms with Gasteiger partial charge in [-0.05, 0) is 12.1 Å². The topological polar surface area (TPSA) is 80.2 Å². The molecule has 0 bridgehead atoms. The number of aromatic hydroxyl groups is 1. The van der Waals surface area contributed by atoms with Crippen molar-refractivity contribution in [1.29, 1.82) is 0 Å². The molecule has 5 nitrogen and oxygen atoms in total. The van der Waals surface area contributed by atoms with Crippen LogP contribution in [0.15, 0.2) is 35.5 Å². The number of hydrogen-bond donors (Lipinski definition) is 1. The summed E-state index contributed by atoms with van der Waals surface area (Å²) in [6.07, 6.45) is 2.43. The summed E-state index contributed by atoms with van der Waals surface area (Å²) in [6.45, 7) is 0. The van der Waals surface area contributed by atoms with E-state index in [1.807, 2.05) is 0 Å². The fourth-order valence-electron chi connectivity index (χ4n) is 1.38. The van der Waals surface area contributed by atoms with Crippen molar-refractivity contribution >= 4 is 33.0 Å². The average Bonchev–Trinajstić information content (AvgIpc) is 2.33. The van der Waals surface area contributed by atoms with Gasteiger partial charge >= 0.3 is 0 Å². The summed E-state index contributed by atoms with van der Waals surface area (Å²) in [4.78, 5) is 7.51. The molecule has 2 aromatic heterocycles. The number of sulfone groups is 1. The highest BCUT2D eigenvalue weighted by atomic mass is 35.5. The fourth-order valence-corrected chi connectivity index (χ4v) is 2.88. The van der Waals surface area contributed by atoms with E-state index < -0.39 is 15.6 Å². The molecule has 8 heteroatoms. The van der Waals surface area contributed by atoms with Crippen LogP contribution in [0.1, 0.15) is 5.69 Å². The van der Waals surface area contributed by atoms with Crippen molar-refractivity contribution in [2.24, 2.45) is 0 Å². The summed E-state index contributed by atoms with van der Waals surface area (Å²) >= 11 is 11.2. The Labute approximate surface area is 119 Å². The van der Waals surface area contributed by atoms with E-state index in [4.69, 9.17) is 23.2 Å². The highest BCUT2D eigenvalue weighted by Gasteiger charge is 2.19. The fraction of sp³-hybridized carbons (Fsp3) is 0.0909. The molecule has 0 radical (unpaired) electrons. The third-order valence-corrected chi connectivity index (χ3v) is 4.34. The first-order valence-corrected chi connectivity index (χ1v) is 7.47. The SMILES string of the molecule is O=S(=O)(Cc1ncc(Cl)cc1O)c1ccc(Cl)nc1. The Morgan fingerprint density at radius 3 is 2.47 bits per heavy atom. The second kappa shape index (κ2) is 5.32. The zero-order valence-electron chi connectivity index (χ0n) is 9.42. The van der Waals surface area contributed by atoms with Crippen molar-refractivity contribution in [3.8, 4) is 5.75 Å². The van der Waals surface area contributed by atoms with Gasteiger partial charge in [0.1, 0.15) is 16.7 Å². The van der Waals surface area contributed by atoms with E-state index >= 15 is 0 Å². The van der Waals surface area contributed by atoms with E-state index in [2.05, 4.69) is 9.97 Å². The van der Waals surface area contributed by atoms with E-state index in [1.54, 1.807) is 0 Å². The minimum Gasteiger partial charge on any atom is -0.506 e. The molecule has 2 rings (SSSR count). The first-order chi connectivity index (χ1) is 8.88. The summed E-state index contributed by atoms with van der Waals surface area (Å²) in [5.74, 6) is -0.711. The quantitative estimate of drug-likeness (QED) is 0.879. The molecule has 0 aliphatic heterocycles. The number of hydrogen-bond acceptors (Lipinski definition) is 5. The molecular weight excluding hydrogens is 311 g/mol. The van der Waals surface area contributed by atoms with E-state index in [0.717, 1.165) is 6.20 Å². The smallest absolute Gasteiger partial charge is 0.185 e. The first kappa shape index (κ1) is 14.0. The van der Waals surface area contributed by atoms with Crippen molar-refractivity contribution in [3.63, 3.8) is 0 Å². The maximum Gasteiger partial charge on any atom is 0.185 e. The Bertz CT molecular complexity index is 702. The summed E-state index contributed by atoms with van der Waals surface area (Å²) in [5, 5.41) is 10.0. The molecule has 0 saturated heterocycles. The van der Waals surface area contributed by atoms with Crippen LogP contribution in [0.4, 0.5) is 0 Å². The Morgan fingerprint density at radius 1 is 1.16 bits per heavy atom. The van der Waals surface area contributed by atoms with Crippen LogP contribution in [-0.4, -0.2) is 23.5 Å². The predicted molar refractivity (Wildman–Crippen MR) is 71.0 cm³/mol. The van der Waals surface area contributed by atoms with Crippen LogP contribution in [-0.2, 0) is 15.6 Å². The van der Waals surface area contributed by atoms with Gasteiger partial charge in [0.05, 0.1) is 15.6 Å². The van der Waals surface area contributed by atoms with Crippen LogP contribution in [0.25, 0.3) is 0 Å². The summed E-state index contributed by atoms with van der Waals surface area (Å²) < 4.78 is 24.2. The first-order valence-electron chi connectivity index (χ1n) is 5.06. The van der Waals surface area contributed by atoms with Crippen LogP contribution < -0.4 is 0 Å². The van der Waals surface area contributed by atoms with Crippen LogP contribution >= 0.6 is 23.2 Å². The lowest BCUT2D eigenvalue weighted by molar-refractivity contribution is 0.466. The molecule has 2 heterocycles. The summed E-state index contributed by atoms with van der Waals surface area (Å²) in [5.41, 5.74) is 0.0272. The van der Waals surface area contributed by atoms with Gasteiger partial charge in [-0.3, -0.25) is 4.98 Å². The predicted octanol–water partition coefficient (Wildman–Crippen LogP) is 2.46. The monoisotopic (exact) mass is 318 g/mol. The largest absolute Gasteiger partial charge is 0.506 e. The molecule has 1 N–H and O–H groups in total. The molecule has 2 aromatic rings. The highest BCUT2D eigenvalue weighted by Crippen LogP contribution is 2.24. The van der Waals surface area contributed by atoms with E-state index in [1.165, 1.54) is 24.4 Å². The Kier molecular flexibility index (Phi) is 3.93. The van der Waals surface area contributed by atoms with Crippen molar-refractivity contribution in [1.82, 2.24) is 9.97 Å². The Morgan fingerprint density at radius 2 is 1.89 bits per heavy atom. The Hall–Kier alpha value is -1.37. The van der Waals surface area contributed by atoms with Crippen molar-refractivity contribution in [2.75, 3.05) is 0 Å². The third kappa shape index (κ3) is 3.34. The molecule has 0 atom stereocenters. The zero-order chi connectivity index (χ0) is 14.0. The van der Waals surface area contributed by atoms with Crippen molar-refractivity contribution in [3.05, 3.63) is 46.5 Å². The highest BCUT2D eigenvalue weighted by molar-refractivity contribution is 7.90. The molecule has 0 saturated carbocycles. The standard InChI is InChI=1S/C11H8Cl2N2O3S/c12-7-3-10(16)9(14-4-7)6-19(17,18)8-1-2-11(13)15-5-8/h1-5,16H,6H2. The van der Waals surface area contributed by atoms with Crippen molar-refractivity contribution < 1.29 is 13.5 Å². The summed E-state index contributed by atoms with van der Waals surface area (Å²) in [6, 6.07) is 3.96. The number of halogens is 2.